The van der Waals surface area contributed by atoms with Crippen LogP contribution < -0.4 is 0 Å². The zero-order valence-corrected chi connectivity index (χ0v) is 16.4. The first-order chi connectivity index (χ1) is 13.0. The molecule has 2 fully saturated rings. The zero-order chi connectivity index (χ0) is 19.6. The van der Waals surface area contributed by atoms with Crippen LogP contribution in [0.1, 0.15) is 20.3 Å². The van der Waals surface area contributed by atoms with Gasteiger partial charge in [-0.05, 0) is 20.3 Å². The predicted octanol–water partition coefficient (Wildman–Crippen LogP) is -0.283. The lowest BCUT2D eigenvalue weighted by molar-refractivity contribution is -0.219. The molecule has 0 unspecified atom stereocenters. The fourth-order valence-corrected chi connectivity index (χ4v) is 3.23. The maximum absolute atomic E-state index is 9.92. The van der Waals surface area contributed by atoms with E-state index >= 15 is 0 Å². The van der Waals surface area contributed by atoms with E-state index in [4.69, 9.17) is 38.3 Å². The van der Waals surface area contributed by atoms with E-state index in [1.165, 1.54) is 0 Å². The monoisotopic (exact) mass is 394 g/mol. The van der Waals surface area contributed by atoms with Crippen LogP contribution in [0, 0.1) is 0 Å². The van der Waals surface area contributed by atoms with E-state index in [1.807, 2.05) is 13.8 Å². The van der Waals surface area contributed by atoms with Gasteiger partial charge in [0.15, 0.2) is 5.79 Å². The van der Waals surface area contributed by atoms with Gasteiger partial charge in [-0.2, -0.15) is 0 Å². The van der Waals surface area contributed by atoms with Crippen molar-refractivity contribution in [3.05, 3.63) is 0 Å². The van der Waals surface area contributed by atoms with Crippen LogP contribution in [0.25, 0.3) is 0 Å². The van der Waals surface area contributed by atoms with Crippen molar-refractivity contribution in [1.29, 1.82) is 0 Å². The van der Waals surface area contributed by atoms with Gasteiger partial charge < -0.3 is 43.4 Å². The van der Waals surface area contributed by atoms with Crippen molar-refractivity contribution in [3.63, 3.8) is 0 Å². The van der Waals surface area contributed by atoms with E-state index in [0.29, 0.717) is 52.9 Å². The smallest absolute Gasteiger partial charge is 0.163 e. The average molecular weight is 394 g/mol. The van der Waals surface area contributed by atoms with E-state index < -0.39 is 11.4 Å². The molecule has 0 saturated carbocycles. The van der Waals surface area contributed by atoms with Crippen LogP contribution in [-0.2, 0) is 33.2 Å². The topological polar surface area (TPSA) is 105 Å². The summed E-state index contributed by atoms with van der Waals surface area (Å²) in [6.45, 7) is 7.25. The van der Waals surface area contributed by atoms with Gasteiger partial charge in [-0.1, -0.05) is 0 Å². The van der Waals surface area contributed by atoms with Crippen LogP contribution in [0.4, 0.5) is 0 Å². The predicted molar refractivity (Wildman–Crippen MR) is 94.6 cm³/mol. The van der Waals surface area contributed by atoms with Crippen molar-refractivity contribution in [3.8, 4) is 0 Å². The third-order valence-electron chi connectivity index (χ3n) is 4.46. The summed E-state index contributed by atoms with van der Waals surface area (Å²) in [6, 6.07) is 0. The molecule has 0 amide bonds. The normalized spacial score (nSPS) is 29.8. The molecule has 0 radical (unpaired) electrons. The first kappa shape index (κ1) is 22.9. The van der Waals surface area contributed by atoms with Gasteiger partial charge in [-0.25, -0.2) is 0 Å². The maximum Gasteiger partial charge on any atom is 0.163 e. The third kappa shape index (κ3) is 7.19. The molecule has 0 aromatic heterocycles. The van der Waals surface area contributed by atoms with Crippen LogP contribution >= 0.6 is 0 Å². The van der Waals surface area contributed by atoms with Crippen LogP contribution in [0.5, 0.6) is 0 Å². The van der Waals surface area contributed by atoms with Gasteiger partial charge in [0.1, 0.15) is 11.7 Å². The molecule has 2 aliphatic heterocycles. The Morgan fingerprint density at radius 2 is 1.44 bits per heavy atom. The summed E-state index contributed by atoms with van der Waals surface area (Å²) in [5.74, 6) is -0.685. The van der Waals surface area contributed by atoms with E-state index in [9.17, 15) is 5.11 Å². The Morgan fingerprint density at radius 1 is 0.852 bits per heavy atom. The van der Waals surface area contributed by atoms with Gasteiger partial charge in [-0.15, -0.1) is 0 Å². The lowest BCUT2D eigenvalue weighted by Gasteiger charge is -2.41. The maximum atomic E-state index is 9.92. The molecule has 3 atom stereocenters. The number of aliphatic hydroxyl groups excluding tert-OH is 2. The SMILES string of the molecule is CC1(C)O[C@@H]2[C@@H](CCO[C@]2(CO)COCCOCCOCCOCCO)O1. The van der Waals surface area contributed by atoms with E-state index in [1.54, 1.807) is 0 Å². The molecule has 9 nitrogen and oxygen atoms in total. The van der Waals surface area contributed by atoms with E-state index in [-0.39, 0.29) is 32.0 Å². The number of aliphatic hydroxyl groups is 2. The minimum atomic E-state index is -0.908. The second-order valence-electron chi connectivity index (χ2n) is 7.07. The molecule has 0 bridgehead atoms. The Kier molecular flexibility index (Phi) is 9.85. The summed E-state index contributed by atoms with van der Waals surface area (Å²) in [6.07, 6.45) is 0.289. The highest BCUT2D eigenvalue weighted by molar-refractivity contribution is 5.01. The average Bonchev–Trinajstić information content (AvgIpc) is 2.97. The first-order valence-corrected chi connectivity index (χ1v) is 9.55. The number of ether oxygens (including phenoxy) is 7. The van der Waals surface area contributed by atoms with Gasteiger partial charge in [0, 0.05) is 0 Å². The number of hydrogen-bond donors (Lipinski definition) is 2. The molecular weight excluding hydrogens is 360 g/mol. The molecule has 2 saturated heterocycles. The summed E-state index contributed by atoms with van der Waals surface area (Å²) in [4.78, 5) is 0. The molecular formula is C18H34O9. The fraction of sp³-hybridized carbons (Fsp3) is 1.00. The summed E-state index contributed by atoms with van der Waals surface area (Å²) in [5, 5.41) is 18.5. The molecule has 2 aliphatic rings. The van der Waals surface area contributed by atoms with Crippen molar-refractivity contribution in [2.45, 2.75) is 43.9 Å². The lowest BCUT2D eigenvalue weighted by Crippen LogP contribution is -2.59. The molecule has 0 aliphatic carbocycles. The molecule has 2 N–H and O–H groups in total. The molecule has 2 rings (SSSR count). The van der Waals surface area contributed by atoms with Crippen LogP contribution in [-0.4, -0.2) is 106 Å². The van der Waals surface area contributed by atoms with Crippen LogP contribution in [0.3, 0.4) is 0 Å². The van der Waals surface area contributed by atoms with Gasteiger partial charge >= 0.3 is 0 Å². The van der Waals surface area contributed by atoms with Gasteiger partial charge in [0.2, 0.25) is 0 Å². The molecule has 160 valence electrons. The Hall–Kier alpha value is -0.360. The van der Waals surface area contributed by atoms with Crippen molar-refractivity contribution >= 4 is 0 Å². The van der Waals surface area contributed by atoms with Gasteiger partial charge in [0.25, 0.3) is 0 Å². The summed E-state index contributed by atoms with van der Waals surface area (Å²) in [5.41, 5.74) is -0.908. The number of rotatable bonds is 14. The summed E-state index contributed by atoms with van der Waals surface area (Å²) in [7, 11) is 0. The molecule has 2 heterocycles. The fourth-order valence-electron chi connectivity index (χ4n) is 3.23. The lowest BCUT2D eigenvalue weighted by atomic mass is 9.90. The zero-order valence-electron chi connectivity index (χ0n) is 16.4. The Morgan fingerprint density at radius 3 is 2.04 bits per heavy atom. The first-order valence-electron chi connectivity index (χ1n) is 9.55. The Balaban J connectivity index is 1.56. The minimum Gasteiger partial charge on any atom is -0.394 e. The highest BCUT2D eigenvalue weighted by Gasteiger charge is 2.55. The van der Waals surface area contributed by atoms with Crippen LogP contribution in [0.2, 0.25) is 0 Å². The standard InChI is InChI=1S/C18H34O9/c1-17(2)26-15-3-5-25-18(13-20,16(15)27-17)14-24-12-11-23-10-9-22-8-7-21-6-4-19/h15-16,19-20H,3-14H2,1-2H3/t15-,16-,18-/m1/s1. The quantitative estimate of drug-likeness (QED) is 0.385. The van der Waals surface area contributed by atoms with Crippen molar-refractivity contribution in [1.82, 2.24) is 0 Å². The Labute approximate surface area is 160 Å². The summed E-state index contributed by atoms with van der Waals surface area (Å²) < 4.78 is 39.2. The van der Waals surface area contributed by atoms with Crippen molar-refractivity contribution in [2.75, 3.05) is 72.7 Å². The molecule has 0 aromatic rings. The molecule has 27 heavy (non-hydrogen) atoms. The largest absolute Gasteiger partial charge is 0.394 e. The van der Waals surface area contributed by atoms with E-state index in [2.05, 4.69) is 0 Å². The third-order valence-corrected chi connectivity index (χ3v) is 4.46. The number of fused-ring (bicyclic) bond motifs is 1. The van der Waals surface area contributed by atoms with E-state index in [0.717, 1.165) is 6.42 Å². The highest BCUT2D eigenvalue weighted by Crippen LogP contribution is 2.40. The minimum absolute atomic E-state index is 0.0179. The number of hydrogen-bond acceptors (Lipinski definition) is 9. The van der Waals surface area contributed by atoms with Crippen molar-refractivity contribution in [2.24, 2.45) is 0 Å². The van der Waals surface area contributed by atoms with Gasteiger partial charge in [-0.3, -0.25) is 0 Å². The molecule has 0 spiro atoms. The Bertz CT molecular complexity index is 406. The summed E-state index contributed by atoms with van der Waals surface area (Å²) >= 11 is 0. The molecule has 0 aromatic carbocycles. The highest BCUT2D eigenvalue weighted by atomic mass is 16.8. The van der Waals surface area contributed by atoms with Crippen molar-refractivity contribution < 1.29 is 43.4 Å². The molecule has 9 heteroatoms. The van der Waals surface area contributed by atoms with Gasteiger partial charge in [0.05, 0.1) is 78.8 Å². The van der Waals surface area contributed by atoms with Crippen LogP contribution in [0.15, 0.2) is 0 Å². The second-order valence-corrected chi connectivity index (χ2v) is 7.07. The second kappa shape index (κ2) is 11.6.